The maximum absolute atomic E-state index is 12.5. The first-order valence-electron chi connectivity index (χ1n) is 10.6. The number of benzene rings is 2. The Labute approximate surface area is 202 Å². The fraction of sp³-hybridized carbons (Fsp3) is 0.160. The predicted octanol–water partition coefficient (Wildman–Crippen LogP) is 4.28. The first-order valence-corrected chi connectivity index (χ1v) is 11.6. The molecule has 0 aliphatic carbocycles. The molecule has 1 N–H and O–H groups in total. The zero-order chi connectivity index (χ0) is 23.9. The van der Waals surface area contributed by atoms with Gasteiger partial charge in [0.15, 0.2) is 11.0 Å². The molecule has 4 rings (SSSR count). The number of carbonyl (C=O) groups is 1. The third kappa shape index (κ3) is 5.49. The van der Waals surface area contributed by atoms with Gasteiger partial charge in [0.2, 0.25) is 0 Å². The van der Waals surface area contributed by atoms with Crippen molar-refractivity contribution in [2.45, 2.75) is 19.0 Å². The van der Waals surface area contributed by atoms with E-state index in [0.29, 0.717) is 16.7 Å². The van der Waals surface area contributed by atoms with Gasteiger partial charge in [-0.15, -0.1) is 10.2 Å². The standard InChI is InChI=1S/C25H24N6O2S/c1-17-4-8-21(9-5-17)31-24(20-12-14-26-15-13-20)29-30-25(31)34-16-23(32)28-27-18(2)19-6-10-22(33-3)11-7-19/h4-15H,16H2,1-3H3,(H,28,32). The molecule has 34 heavy (non-hydrogen) atoms. The van der Waals surface area contributed by atoms with Crippen molar-refractivity contribution in [3.05, 3.63) is 84.2 Å². The Bertz CT molecular complexity index is 1290. The number of nitrogens with zero attached hydrogens (tertiary/aromatic N) is 5. The number of rotatable bonds is 8. The summed E-state index contributed by atoms with van der Waals surface area (Å²) in [4.78, 5) is 16.6. The number of nitrogens with one attached hydrogen (secondary N) is 1. The topological polar surface area (TPSA) is 94.3 Å². The Morgan fingerprint density at radius 1 is 1.03 bits per heavy atom. The average molecular weight is 473 g/mol. The summed E-state index contributed by atoms with van der Waals surface area (Å²) in [5.74, 6) is 1.35. The Balaban J connectivity index is 1.49. The van der Waals surface area contributed by atoms with E-state index in [1.165, 1.54) is 11.8 Å². The van der Waals surface area contributed by atoms with Crippen LogP contribution in [0.5, 0.6) is 5.75 Å². The molecule has 0 saturated carbocycles. The molecule has 8 nitrogen and oxygen atoms in total. The highest BCUT2D eigenvalue weighted by Gasteiger charge is 2.17. The highest BCUT2D eigenvalue weighted by Crippen LogP contribution is 2.27. The van der Waals surface area contributed by atoms with Crippen molar-refractivity contribution in [2.75, 3.05) is 12.9 Å². The van der Waals surface area contributed by atoms with Crippen molar-refractivity contribution in [3.63, 3.8) is 0 Å². The van der Waals surface area contributed by atoms with Gasteiger partial charge < -0.3 is 4.74 Å². The number of hydrogen-bond donors (Lipinski definition) is 1. The van der Waals surface area contributed by atoms with Crippen LogP contribution in [0.15, 0.2) is 83.3 Å². The minimum Gasteiger partial charge on any atom is -0.497 e. The van der Waals surface area contributed by atoms with Crippen molar-refractivity contribution >= 4 is 23.4 Å². The van der Waals surface area contributed by atoms with Crippen molar-refractivity contribution in [1.82, 2.24) is 25.2 Å². The van der Waals surface area contributed by atoms with Gasteiger partial charge in [-0.3, -0.25) is 14.3 Å². The minimum absolute atomic E-state index is 0.139. The number of methoxy groups -OCH3 is 1. The third-order valence-corrected chi connectivity index (χ3v) is 5.98. The predicted molar refractivity (Wildman–Crippen MR) is 133 cm³/mol. The zero-order valence-electron chi connectivity index (χ0n) is 19.1. The van der Waals surface area contributed by atoms with Crippen molar-refractivity contribution < 1.29 is 9.53 Å². The number of hydrogen-bond acceptors (Lipinski definition) is 7. The van der Waals surface area contributed by atoms with Gasteiger partial charge in [-0.1, -0.05) is 29.5 Å². The van der Waals surface area contributed by atoms with Crippen LogP contribution < -0.4 is 10.2 Å². The first-order chi connectivity index (χ1) is 16.5. The second-order valence-electron chi connectivity index (χ2n) is 7.46. The van der Waals surface area contributed by atoms with Crippen LogP contribution in [0.1, 0.15) is 18.1 Å². The van der Waals surface area contributed by atoms with Crippen LogP contribution >= 0.6 is 11.8 Å². The van der Waals surface area contributed by atoms with Crippen molar-refractivity contribution in [2.24, 2.45) is 5.10 Å². The van der Waals surface area contributed by atoms with Gasteiger partial charge in [0.1, 0.15) is 5.75 Å². The highest BCUT2D eigenvalue weighted by molar-refractivity contribution is 7.99. The zero-order valence-corrected chi connectivity index (χ0v) is 19.9. The van der Waals surface area contributed by atoms with Gasteiger partial charge in [-0.2, -0.15) is 5.10 Å². The maximum Gasteiger partial charge on any atom is 0.250 e. The summed E-state index contributed by atoms with van der Waals surface area (Å²) >= 11 is 1.30. The van der Waals surface area contributed by atoms with E-state index in [1.54, 1.807) is 19.5 Å². The van der Waals surface area contributed by atoms with Gasteiger partial charge >= 0.3 is 0 Å². The number of ether oxygens (including phenoxy) is 1. The molecular weight excluding hydrogens is 448 g/mol. The van der Waals surface area contributed by atoms with Crippen LogP contribution in [0.25, 0.3) is 17.1 Å². The lowest BCUT2D eigenvalue weighted by Gasteiger charge is -2.10. The van der Waals surface area contributed by atoms with E-state index in [0.717, 1.165) is 28.1 Å². The molecule has 2 aromatic carbocycles. The van der Waals surface area contributed by atoms with Crippen LogP contribution in [0.4, 0.5) is 0 Å². The van der Waals surface area contributed by atoms with Gasteiger partial charge in [-0.25, -0.2) is 5.43 Å². The molecule has 0 aliphatic heterocycles. The molecule has 172 valence electrons. The number of thioether (sulfide) groups is 1. The van der Waals surface area contributed by atoms with E-state index >= 15 is 0 Å². The molecule has 2 heterocycles. The third-order valence-electron chi connectivity index (χ3n) is 5.05. The van der Waals surface area contributed by atoms with E-state index in [2.05, 4.69) is 25.7 Å². The quantitative estimate of drug-likeness (QED) is 0.234. The molecule has 0 bridgehead atoms. The monoisotopic (exact) mass is 472 g/mol. The van der Waals surface area contributed by atoms with Crippen LogP contribution in [0.2, 0.25) is 0 Å². The summed E-state index contributed by atoms with van der Waals surface area (Å²) in [6, 6.07) is 19.3. The molecule has 0 fully saturated rings. The number of amides is 1. The van der Waals surface area contributed by atoms with E-state index < -0.39 is 0 Å². The lowest BCUT2D eigenvalue weighted by molar-refractivity contribution is -0.118. The van der Waals surface area contributed by atoms with E-state index in [1.807, 2.05) is 79.1 Å². The molecule has 2 aromatic heterocycles. The summed E-state index contributed by atoms with van der Waals surface area (Å²) in [5.41, 5.74) is 7.17. The van der Waals surface area contributed by atoms with E-state index in [4.69, 9.17) is 4.74 Å². The van der Waals surface area contributed by atoms with Gasteiger partial charge in [0.25, 0.3) is 5.91 Å². The van der Waals surface area contributed by atoms with Crippen LogP contribution in [0.3, 0.4) is 0 Å². The Kier molecular flexibility index (Phi) is 7.34. The van der Waals surface area contributed by atoms with Crippen molar-refractivity contribution in [1.29, 1.82) is 0 Å². The van der Waals surface area contributed by atoms with E-state index in [-0.39, 0.29) is 11.7 Å². The lowest BCUT2D eigenvalue weighted by atomic mass is 10.1. The first kappa shape index (κ1) is 23.2. The molecule has 1 amide bonds. The van der Waals surface area contributed by atoms with Gasteiger partial charge in [-0.05, 0) is 67.9 Å². The molecule has 0 radical (unpaired) electrons. The maximum atomic E-state index is 12.5. The summed E-state index contributed by atoms with van der Waals surface area (Å²) in [6.07, 6.45) is 3.43. The number of hydrazone groups is 1. The average Bonchev–Trinajstić information content (AvgIpc) is 3.31. The number of aromatic nitrogens is 4. The summed E-state index contributed by atoms with van der Waals surface area (Å²) < 4.78 is 7.11. The fourth-order valence-electron chi connectivity index (χ4n) is 3.18. The van der Waals surface area contributed by atoms with Gasteiger partial charge in [0.05, 0.1) is 18.6 Å². The molecule has 0 spiro atoms. The van der Waals surface area contributed by atoms with Crippen molar-refractivity contribution in [3.8, 4) is 22.8 Å². The molecule has 9 heteroatoms. The second-order valence-corrected chi connectivity index (χ2v) is 8.40. The molecule has 0 aliphatic rings. The molecular formula is C25H24N6O2S. The second kappa shape index (κ2) is 10.8. The highest BCUT2D eigenvalue weighted by atomic mass is 32.2. The Hall–Kier alpha value is -3.98. The van der Waals surface area contributed by atoms with Crippen LogP contribution in [-0.2, 0) is 4.79 Å². The minimum atomic E-state index is -0.234. The molecule has 4 aromatic rings. The number of aryl methyl sites for hydroxylation is 1. The normalized spacial score (nSPS) is 11.3. The summed E-state index contributed by atoms with van der Waals surface area (Å²) in [7, 11) is 1.62. The van der Waals surface area contributed by atoms with Crippen LogP contribution in [-0.4, -0.2) is 44.2 Å². The SMILES string of the molecule is COc1ccc(C(C)=NNC(=O)CSc2nnc(-c3ccncc3)n2-c2ccc(C)cc2)cc1. The lowest BCUT2D eigenvalue weighted by Crippen LogP contribution is -2.21. The fourth-order valence-corrected chi connectivity index (χ4v) is 3.93. The number of carbonyl (C=O) groups excluding carboxylic acids is 1. The summed E-state index contributed by atoms with van der Waals surface area (Å²) in [6.45, 7) is 3.87. The largest absolute Gasteiger partial charge is 0.497 e. The Morgan fingerprint density at radius 2 is 1.74 bits per heavy atom. The molecule has 0 unspecified atom stereocenters. The smallest absolute Gasteiger partial charge is 0.250 e. The number of pyridine rings is 1. The van der Waals surface area contributed by atoms with Gasteiger partial charge in [0, 0.05) is 23.6 Å². The molecule has 0 atom stereocenters. The summed E-state index contributed by atoms with van der Waals surface area (Å²) in [5, 5.41) is 13.6. The molecule has 0 saturated heterocycles. The van der Waals surface area contributed by atoms with E-state index in [9.17, 15) is 4.79 Å². The Morgan fingerprint density at radius 3 is 2.41 bits per heavy atom. The van der Waals surface area contributed by atoms with Crippen LogP contribution in [0, 0.1) is 6.92 Å².